The number of aliphatic hydroxyl groups is 1. The molecule has 6 nitrogen and oxygen atoms in total. The van der Waals surface area contributed by atoms with Crippen LogP contribution in [0.25, 0.3) is 0 Å². The molecule has 0 aliphatic heterocycles. The van der Waals surface area contributed by atoms with Crippen LogP contribution in [0.2, 0.25) is 0 Å². The molecule has 7 heteroatoms. The maximum absolute atomic E-state index is 12.2. The first-order valence-corrected chi connectivity index (χ1v) is 11.4. The van der Waals surface area contributed by atoms with E-state index in [1.165, 1.54) is 6.08 Å². The zero-order valence-corrected chi connectivity index (χ0v) is 19.6. The summed E-state index contributed by atoms with van der Waals surface area (Å²) in [6.07, 6.45) is 2.54. The number of amides is 1. The van der Waals surface area contributed by atoms with Gasteiger partial charge in [0.15, 0.2) is 0 Å². The molecular formula is C25H32N2O4S. The van der Waals surface area contributed by atoms with Crippen LogP contribution in [0.4, 0.5) is 0 Å². The first-order valence-electron chi connectivity index (χ1n) is 10.6. The van der Waals surface area contributed by atoms with Gasteiger partial charge in [0, 0.05) is 24.1 Å². The molecule has 0 aliphatic carbocycles. The summed E-state index contributed by atoms with van der Waals surface area (Å²) in [6, 6.07) is 17.0. The van der Waals surface area contributed by atoms with Crippen LogP contribution in [0, 0.1) is 5.92 Å². The number of aliphatic hydroxyl groups excluding tert-OH is 1. The fraction of sp³-hybridized carbons (Fsp3) is 0.360. The smallest absolute Gasteiger partial charge is 0.244 e. The summed E-state index contributed by atoms with van der Waals surface area (Å²) >= 11 is 1.57. The van der Waals surface area contributed by atoms with E-state index >= 15 is 0 Å². The van der Waals surface area contributed by atoms with Crippen molar-refractivity contribution < 1.29 is 19.4 Å². The van der Waals surface area contributed by atoms with E-state index in [4.69, 9.17) is 4.74 Å². The average Bonchev–Trinajstić information content (AvgIpc) is 2.78. The number of methoxy groups -OCH3 is 1. The minimum Gasteiger partial charge on any atom is -0.497 e. The van der Waals surface area contributed by atoms with E-state index in [0.717, 1.165) is 28.8 Å². The van der Waals surface area contributed by atoms with Crippen LogP contribution in [-0.2, 0) is 16.0 Å². The second-order valence-corrected chi connectivity index (χ2v) is 9.05. The van der Waals surface area contributed by atoms with Crippen LogP contribution >= 0.6 is 11.9 Å². The summed E-state index contributed by atoms with van der Waals surface area (Å²) in [5, 5.41) is 14.0. The van der Waals surface area contributed by atoms with Crippen molar-refractivity contribution in [3.63, 3.8) is 0 Å². The lowest BCUT2D eigenvalue weighted by atomic mass is 10.0. The summed E-state index contributed by atoms with van der Waals surface area (Å²) < 4.78 is 7.34. The number of hydrogen-bond acceptors (Lipinski definition) is 6. The van der Waals surface area contributed by atoms with Gasteiger partial charge in [-0.1, -0.05) is 44.2 Å². The second-order valence-electron chi connectivity index (χ2n) is 7.87. The molecule has 2 unspecified atom stereocenters. The van der Waals surface area contributed by atoms with Crippen molar-refractivity contribution in [3.05, 3.63) is 72.3 Å². The number of allylic oxidation sites excluding steroid dienone is 1. The summed E-state index contributed by atoms with van der Waals surface area (Å²) in [5.41, 5.74) is 1.01. The van der Waals surface area contributed by atoms with Crippen LogP contribution in [-0.4, -0.2) is 54.0 Å². The Morgan fingerprint density at radius 1 is 1.12 bits per heavy atom. The molecule has 0 saturated carbocycles. The first kappa shape index (κ1) is 25.6. The zero-order valence-electron chi connectivity index (χ0n) is 18.8. The molecular weight excluding hydrogens is 424 g/mol. The van der Waals surface area contributed by atoms with Gasteiger partial charge in [0.2, 0.25) is 5.91 Å². The molecule has 2 rings (SSSR count). The van der Waals surface area contributed by atoms with E-state index in [2.05, 4.69) is 23.5 Å². The summed E-state index contributed by atoms with van der Waals surface area (Å²) in [4.78, 5) is 23.8. The number of aldehydes is 1. The fourth-order valence-corrected chi connectivity index (χ4v) is 4.34. The Bertz CT molecular complexity index is 856. The van der Waals surface area contributed by atoms with Crippen molar-refractivity contribution in [1.29, 1.82) is 0 Å². The van der Waals surface area contributed by atoms with Gasteiger partial charge in [0.1, 0.15) is 12.0 Å². The van der Waals surface area contributed by atoms with E-state index in [0.29, 0.717) is 25.2 Å². The Morgan fingerprint density at radius 2 is 1.81 bits per heavy atom. The normalized spacial score (nSPS) is 13.3. The Kier molecular flexibility index (Phi) is 11.0. The lowest BCUT2D eigenvalue weighted by Crippen LogP contribution is -2.48. The number of nitrogens with one attached hydrogen (secondary N) is 1. The maximum atomic E-state index is 12.2. The Morgan fingerprint density at radius 3 is 2.41 bits per heavy atom. The van der Waals surface area contributed by atoms with Crippen LogP contribution < -0.4 is 10.1 Å². The largest absolute Gasteiger partial charge is 0.497 e. The van der Waals surface area contributed by atoms with Crippen LogP contribution in [0.1, 0.15) is 19.4 Å². The standard InChI is InChI=1S/C25H32N2O4S/c1-19(2)17-27(32-22-13-11-21(31-3)12-14-22)18-24(29)23(26-25(30)10-7-15-28)16-20-8-5-4-6-9-20/h4-15,19,23-24,29H,16-18H2,1-3H3,(H,26,30)/b10-7+. The number of rotatable bonds is 13. The molecule has 0 aliphatic rings. The Labute approximate surface area is 194 Å². The molecule has 0 heterocycles. The van der Waals surface area contributed by atoms with E-state index in [1.54, 1.807) is 19.1 Å². The predicted octanol–water partition coefficient (Wildman–Crippen LogP) is 3.50. The number of nitrogens with zero attached hydrogens (tertiary/aromatic N) is 1. The third kappa shape index (κ3) is 9.26. The predicted molar refractivity (Wildman–Crippen MR) is 129 cm³/mol. The van der Waals surface area contributed by atoms with Gasteiger partial charge in [-0.05, 0) is 60.2 Å². The van der Waals surface area contributed by atoms with Gasteiger partial charge < -0.3 is 15.2 Å². The first-order chi connectivity index (χ1) is 15.4. The third-order valence-electron chi connectivity index (χ3n) is 4.67. The van der Waals surface area contributed by atoms with E-state index < -0.39 is 18.1 Å². The van der Waals surface area contributed by atoms with Crippen molar-refractivity contribution in [2.75, 3.05) is 20.2 Å². The van der Waals surface area contributed by atoms with Gasteiger partial charge in [0.05, 0.1) is 19.3 Å². The van der Waals surface area contributed by atoms with E-state index in [1.807, 2.05) is 54.6 Å². The molecule has 2 aromatic rings. The Hall–Kier alpha value is -2.61. The average molecular weight is 457 g/mol. The van der Waals surface area contributed by atoms with Gasteiger partial charge in [-0.3, -0.25) is 9.59 Å². The fourth-order valence-electron chi connectivity index (χ4n) is 3.19. The highest BCUT2D eigenvalue weighted by Gasteiger charge is 2.24. The minimum absolute atomic E-state index is 0.365. The van der Waals surface area contributed by atoms with Gasteiger partial charge in [-0.25, -0.2) is 4.31 Å². The molecule has 2 atom stereocenters. The number of benzene rings is 2. The van der Waals surface area contributed by atoms with Crippen molar-refractivity contribution >= 4 is 24.1 Å². The van der Waals surface area contributed by atoms with Gasteiger partial charge in [-0.2, -0.15) is 0 Å². The lowest BCUT2D eigenvalue weighted by molar-refractivity contribution is -0.118. The quantitative estimate of drug-likeness (QED) is 0.273. The maximum Gasteiger partial charge on any atom is 0.244 e. The molecule has 0 spiro atoms. The van der Waals surface area contributed by atoms with Gasteiger partial charge in [0.25, 0.3) is 0 Å². The molecule has 0 radical (unpaired) electrons. The van der Waals surface area contributed by atoms with Gasteiger partial charge >= 0.3 is 0 Å². The number of carbonyl (C=O) groups excluding carboxylic acids is 2. The highest BCUT2D eigenvalue weighted by molar-refractivity contribution is 7.97. The number of carbonyl (C=O) groups is 2. The van der Waals surface area contributed by atoms with E-state index in [-0.39, 0.29) is 0 Å². The molecule has 1 amide bonds. The van der Waals surface area contributed by atoms with Crippen LogP contribution in [0.3, 0.4) is 0 Å². The summed E-state index contributed by atoms with van der Waals surface area (Å²) in [7, 11) is 1.63. The molecule has 32 heavy (non-hydrogen) atoms. The van der Waals surface area contributed by atoms with Crippen LogP contribution in [0.15, 0.2) is 71.6 Å². The summed E-state index contributed by atoms with van der Waals surface area (Å²) in [6.45, 7) is 5.39. The van der Waals surface area contributed by atoms with Crippen molar-refractivity contribution in [3.8, 4) is 5.75 Å². The molecule has 0 fully saturated rings. The van der Waals surface area contributed by atoms with Gasteiger partial charge in [-0.15, -0.1) is 0 Å². The molecule has 0 saturated heterocycles. The highest BCUT2D eigenvalue weighted by Crippen LogP contribution is 2.26. The Balaban J connectivity index is 2.14. The van der Waals surface area contributed by atoms with Crippen molar-refractivity contribution in [1.82, 2.24) is 9.62 Å². The van der Waals surface area contributed by atoms with Crippen molar-refractivity contribution in [2.45, 2.75) is 37.3 Å². The molecule has 2 N–H and O–H groups in total. The van der Waals surface area contributed by atoms with Crippen molar-refractivity contribution in [2.24, 2.45) is 5.92 Å². The zero-order chi connectivity index (χ0) is 23.3. The molecule has 0 bridgehead atoms. The highest BCUT2D eigenvalue weighted by atomic mass is 32.2. The number of hydrogen-bond donors (Lipinski definition) is 2. The second kappa shape index (κ2) is 13.7. The molecule has 2 aromatic carbocycles. The topological polar surface area (TPSA) is 78.9 Å². The SMILES string of the molecule is COc1ccc(SN(CC(C)C)CC(O)C(Cc2ccccc2)NC(=O)/C=C/C=O)cc1. The monoisotopic (exact) mass is 456 g/mol. The molecule has 172 valence electrons. The summed E-state index contributed by atoms with van der Waals surface area (Å²) in [5.74, 6) is 0.778. The number of ether oxygens (including phenoxy) is 1. The molecule has 0 aromatic heterocycles. The lowest BCUT2D eigenvalue weighted by Gasteiger charge is -2.30. The van der Waals surface area contributed by atoms with E-state index in [9.17, 15) is 14.7 Å². The third-order valence-corrected chi connectivity index (χ3v) is 5.71. The van der Waals surface area contributed by atoms with Crippen LogP contribution in [0.5, 0.6) is 5.75 Å². The minimum atomic E-state index is -0.812.